The van der Waals surface area contributed by atoms with Gasteiger partial charge in [0, 0.05) is 28.5 Å². The van der Waals surface area contributed by atoms with Crippen molar-refractivity contribution in [1.29, 1.82) is 0 Å². The van der Waals surface area contributed by atoms with Gasteiger partial charge in [-0.25, -0.2) is 12.8 Å². The lowest BCUT2D eigenvalue weighted by Crippen LogP contribution is -2.41. The summed E-state index contributed by atoms with van der Waals surface area (Å²) in [6.07, 6.45) is 0.651. The Labute approximate surface area is 182 Å². The quantitative estimate of drug-likeness (QED) is 0.658. The number of rotatable bonds is 5. The van der Waals surface area contributed by atoms with E-state index >= 15 is 0 Å². The molecule has 1 N–H and O–H groups in total. The zero-order valence-electron chi connectivity index (χ0n) is 15.5. The van der Waals surface area contributed by atoms with Crippen molar-refractivity contribution in [3.8, 4) is 5.75 Å². The minimum absolute atomic E-state index is 0.00710. The van der Waals surface area contributed by atoms with Crippen LogP contribution in [0.4, 0.5) is 10.1 Å². The van der Waals surface area contributed by atoms with Crippen LogP contribution in [-0.4, -0.2) is 38.8 Å². The zero-order valence-corrected chi connectivity index (χ0v) is 18.7. The van der Waals surface area contributed by atoms with Gasteiger partial charge < -0.3 is 10.1 Å². The molecule has 10 heteroatoms. The van der Waals surface area contributed by atoms with E-state index in [9.17, 15) is 17.6 Å². The Kier molecular flexibility index (Phi) is 6.83. The van der Waals surface area contributed by atoms with E-state index in [2.05, 4.69) is 21.2 Å². The number of hydrogen-bond donors (Lipinski definition) is 1. The van der Waals surface area contributed by atoms with Crippen molar-refractivity contribution in [1.82, 2.24) is 4.31 Å². The molecular weight excluding hydrogens is 487 g/mol. The molecule has 2 aromatic rings. The normalized spacial score (nSPS) is 15.9. The number of methoxy groups -OCH3 is 1. The van der Waals surface area contributed by atoms with E-state index in [0.717, 1.165) is 0 Å². The second-order valence-electron chi connectivity index (χ2n) is 6.59. The monoisotopic (exact) mass is 504 g/mol. The average molecular weight is 506 g/mol. The summed E-state index contributed by atoms with van der Waals surface area (Å²) in [5.74, 6) is -1.07. The molecule has 6 nitrogen and oxygen atoms in total. The van der Waals surface area contributed by atoms with Crippen LogP contribution in [0.15, 0.2) is 45.8 Å². The SMILES string of the molecule is COc1ccc(Cl)cc1S(=O)(=O)N1CCC(C(=O)Nc2ccc(Br)cc2F)CC1. The molecule has 1 fully saturated rings. The summed E-state index contributed by atoms with van der Waals surface area (Å²) in [6, 6.07) is 8.78. The van der Waals surface area contributed by atoms with Gasteiger partial charge in [0.15, 0.2) is 0 Å². The fraction of sp³-hybridized carbons (Fsp3) is 0.316. The zero-order chi connectivity index (χ0) is 21.2. The van der Waals surface area contributed by atoms with Crippen LogP contribution in [0.1, 0.15) is 12.8 Å². The lowest BCUT2D eigenvalue weighted by Gasteiger charge is -2.31. The van der Waals surface area contributed by atoms with Crippen LogP contribution >= 0.6 is 27.5 Å². The predicted octanol–water partition coefficient (Wildman–Crippen LogP) is 4.29. The van der Waals surface area contributed by atoms with Gasteiger partial charge in [0.25, 0.3) is 0 Å². The molecule has 1 heterocycles. The van der Waals surface area contributed by atoms with E-state index in [0.29, 0.717) is 17.3 Å². The molecule has 0 saturated carbocycles. The molecule has 156 valence electrons. The van der Waals surface area contributed by atoms with E-state index < -0.39 is 21.8 Å². The van der Waals surface area contributed by atoms with Gasteiger partial charge in [0.2, 0.25) is 15.9 Å². The van der Waals surface area contributed by atoms with Crippen molar-refractivity contribution in [2.45, 2.75) is 17.7 Å². The van der Waals surface area contributed by atoms with E-state index in [1.165, 1.54) is 35.7 Å². The van der Waals surface area contributed by atoms with Gasteiger partial charge in [-0.05, 0) is 49.2 Å². The van der Waals surface area contributed by atoms with Crippen LogP contribution in [0, 0.1) is 11.7 Å². The van der Waals surface area contributed by atoms with Crippen molar-refractivity contribution in [3.05, 3.63) is 51.7 Å². The lowest BCUT2D eigenvalue weighted by molar-refractivity contribution is -0.120. The molecule has 3 rings (SSSR count). The summed E-state index contributed by atoms with van der Waals surface area (Å²) in [7, 11) is -2.43. The van der Waals surface area contributed by atoms with E-state index in [1.807, 2.05) is 0 Å². The molecule has 29 heavy (non-hydrogen) atoms. The van der Waals surface area contributed by atoms with E-state index in [-0.39, 0.29) is 40.4 Å². The summed E-state index contributed by atoms with van der Waals surface area (Å²) >= 11 is 9.12. The highest BCUT2D eigenvalue weighted by atomic mass is 79.9. The molecule has 0 spiro atoms. The van der Waals surface area contributed by atoms with Crippen molar-refractivity contribution in [3.63, 3.8) is 0 Å². The highest BCUT2D eigenvalue weighted by Gasteiger charge is 2.34. The van der Waals surface area contributed by atoms with Crippen molar-refractivity contribution >= 4 is 49.1 Å². The molecule has 0 aromatic heterocycles. The number of amides is 1. The van der Waals surface area contributed by atoms with Gasteiger partial charge in [-0.3, -0.25) is 4.79 Å². The number of nitrogens with zero attached hydrogens (tertiary/aromatic N) is 1. The van der Waals surface area contributed by atoms with Gasteiger partial charge in [-0.2, -0.15) is 4.31 Å². The van der Waals surface area contributed by atoms with Crippen LogP contribution in [0.25, 0.3) is 0 Å². The van der Waals surface area contributed by atoms with Crippen LogP contribution in [0.2, 0.25) is 5.02 Å². The van der Waals surface area contributed by atoms with Gasteiger partial charge in [0.05, 0.1) is 12.8 Å². The number of halogens is 3. The number of piperidine rings is 1. The minimum Gasteiger partial charge on any atom is -0.495 e. The Morgan fingerprint density at radius 2 is 1.93 bits per heavy atom. The first-order valence-electron chi connectivity index (χ1n) is 8.82. The average Bonchev–Trinajstić information content (AvgIpc) is 2.70. The molecule has 0 radical (unpaired) electrons. The van der Waals surface area contributed by atoms with Crippen LogP contribution in [0.5, 0.6) is 5.75 Å². The topological polar surface area (TPSA) is 75.7 Å². The number of nitrogens with one attached hydrogen (secondary N) is 1. The Morgan fingerprint density at radius 3 is 2.55 bits per heavy atom. The molecule has 0 atom stereocenters. The van der Waals surface area contributed by atoms with Crippen LogP contribution in [-0.2, 0) is 14.8 Å². The third-order valence-electron chi connectivity index (χ3n) is 4.76. The largest absolute Gasteiger partial charge is 0.495 e. The maximum absolute atomic E-state index is 13.9. The molecule has 1 amide bonds. The predicted molar refractivity (Wildman–Crippen MR) is 112 cm³/mol. The molecule has 1 aliphatic heterocycles. The lowest BCUT2D eigenvalue weighted by atomic mass is 9.97. The number of sulfonamides is 1. The molecule has 2 aromatic carbocycles. The Morgan fingerprint density at radius 1 is 1.24 bits per heavy atom. The highest BCUT2D eigenvalue weighted by molar-refractivity contribution is 9.10. The maximum atomic E-state index is 13.9. The minimum atomic E-state index is -3.82. The molecule has 0 bridgehead atoms. The Balaban J connectivity index is 1.68. The van der Waals surface area contributed by atoms with Crippen molar-refractivity contribution in [2.75, 3.05) is 25.5 Å². The van der Waals surface area contributed by atoms with E-state index in [1.54, 1.807) is 12.1 Å². The van der Waals surface area contributed by atoms with Gasteiger partial charge in [-0.15, -0.1) is 0 Å². The summed E-state index contributed by atoms with van der Waals surface area (Å²) < 4.78 is 47.0. The maximum Gasteiger partial charge on any atom is 0.246 e. The van der Waals surface area contributed by atoms with Crippen LogP contribution in [0.3, 0.4) is 0 Å². The number of benzene rings is 2. The molecule has 0 aliphatic carbocycles. The first-order chi connectivity index (χ1) is 13.7. The third-order valence-corrected chi connectivity index (χ3v) is 7.41. The number of anilines is 1. The smallest absolute Gasteiger partial charge is 0.246 e. The summed E-state index contributed by atoms with van der Waals surface area (Å²) in [5.41, 5.74) is 0.0944. The number of ether oxygens (including phenoxy) is 1. The van der Waals surface area contributed by atoms with Crippen molar-refractivity contribution < 1.29 is 22.3 Å². The second kappa shape index (κ2) is 8.99. The molecule has 1 aliphatic rings. The summed E-state index contributed by atoms with van der Waals surface area (Å²) in [5, 5.41) is 2.87. The fourth-order valence-electron chi connectivity index (χ4n) is 3.18. The van der Waals surface area contributed by atoms with E-state index in [4.69, 9.17) is 16.3 Å². The fourth-order valence-corrected chi connectivity index (χ4v) is 5.40. The highest BCUT2D eigenvalue weighted by Crippen LogP contribution is 2.32. The Hall–Kier alpha value is -1.68. The molecule has 0 unspecified atom stereocenters. The van der Waals surface area contributed by atoms with Gasteiger partial charge in [-0.1, -0.05) is 27.5 Å². The summed E-state index contributed by atoms with van der Waals surface area (Å²) in [4.78, 5) is 12.5. The molecular formula is C19H19BrClFN2O4S. The van der Waals surface area contributed by atoms with Crippen molar-refractivity contribution in [2.24, 2.45) is 5.92 Å². The third kappa shape index (κ3) is 4.91. The molecule has 1 saturated heterocycles. The number of carbonyl (C=O) groups is 1. The first kappa shape index (κ1) is 22.0. The standard InChI is InChI=1S/C19H19BrClFN2O4S/c1-28-17-5-3-14(21)11-18(17)29(26,27)24-8-6-12(7-9-24)19(25)23-16-4-2-13(20)10-15(16)22/h2-5,10-12H,6-9H2,1H3,(H,23,25). The second-order valence-corrected chi connectivity index (χ2v) is 9.85. The van der Waals surface area contributed by atoms with Gasteiger partial charge in [0.1, 0.15) is 16.5 Å². The van der Waals surface area contributed by atoms with Gasteiger partial charge >= 0.3 is 0 Å². The van der Waals surface area contributed by atoms with Crippen LogP contribution < -0.4 is 10.1 Å². The summed E-state index contributed by atoms with van der Waals surface area (Å²) in [6.45, 7) is 0.331. The number of carbonyl (C=O) groups excluding carboxylic acids is 1. The first-order valence-corrected chi connectivity index (χ1v) is 11.4. The number of hydrogen-bond acceptors (Lipinski definition) is 4. The Bertz CT molecular complexity index is 1030.